The number of halogens is 2. The van der Waals surface area contributed by atoms with Crippen LogP contribution in [-0.2, 0) is 0 Å². The van der Waals surface area contributed by atoms with Crippen molar-refractivity contribution in [2.45, 2.75) is 6.92 Å². The fraction of sp³-hybridized carbons (Fsp3) is 0.167. The van der Waals surface area contributed by atoms with Crippen molar-refractivity contribution in [1.29, 1.82) is 0 Å². The summed E-state index contributed by atoms with van der Waals surface area (Å²) in [5.74, 6) is -1.70. The van der Waals surface area contributed by atoms with E-state index in [0.29, 0.717) is 12.6 Å². The van der Waals surface area contributed by atoms with Crippen LogP contribution in [0.4, 0.5) is 20.3 Å². The highest BCUT2D eigenvalue weighted by Crippen LogP contribution is 2.34. The van der Waals surface area contributed by atoms with Crippen LogP contribution in [0.5, 0.6) is 0 Å². The average Bonchev–Trinajstić information content (AvgIpc) is 2.38. The maximum absolute atomic E-state index is 13.8. The van der Waals surface area contributed by atoms with E-state index < -0.39 is 22.2 Å². The van der Waals surface area contributed by atoms with Crippen molar-refractivity contribution in [2.75, 3.05) is 11.9 Å². The first-order chi connectivity index (χ1) is 9.54. The van der Waals surface area contributed by atoms with Gasteiger partial charge in [-0.3, -0.25) is 10.1 Å². The molecule has 0 aliphatic carbocycles. The van der Waals surface area contributed by atoms with Crippen LogP contribution in [0.1, 0.15) is 6.92 Å². The molecule has 8 heteroatoms. The van der Waals surface area contributed by atoms with Gasteiger partial charge in [0.15, 0.2) is 5.69 Å². The molecular weight excluding hydrogens is 270 g/mol. The predicted molar refractivity (Wildman–Crippen MR) is 68.2 cm³/mol. The van der Waals surface area contributed by atoms with Crippen molar-refractivity contribution < 1.29 is 13.7 Å². The molecule has 1 heterocycles. The predicted octanol–water partition coefficient (Wildman–Crippen LogP) is 2.76. The number of anilines is 1. The molecule has 0 aliphatic heterocycles. The van der Waals surface area contributed by atoms with Crippen molar-refractivity contribution >= 4 is 11.5 Å². The summed E-state index contributed by atoms with van der Waals surface area (Å²) in [7, 11) is 0. The second-order valence-electron chi connectivity index (χ2n) is 3.83. The highest BCUT2D eigenvalue weighted by Gasteiger charge is 2.25. The van der Waals surface area contributed by atoms with Gasteiger partial charge >= 0.3 is 5.69 Å². The van der Waals surface area contributed by atoms with E-state index in [2.05, 4.69) is 15.3 Å². The maximum atomic E-state index is 13.8. The van der Waals surface area contributed by atoms with Crippen molar-refractivity contribution in [3.8, 4) is 11.3 Å². The molecule has 0 bridgehead atoms. The van der Waals surface area contributed by atoms with Gasteiger partial charge in [-0.25, -0.2) is 18.7 Å². The third-order valence-electron chi connectivity index (χ3n) is 2.54. The topological polar surface area (TPSA) is 81.0 Å². The summed E-state index contributed by atoms with van der Waals surface area (Å²) in [6.07, 6.45) is 1.09. The van der Waals surface area contributed by atoms with Crippen molar-refractivity contribution in [2.24, 2.45) is 0 Å². The molecule has 1 N–H and O–H groups in total. The van der Waals surface area contributed by atoms with Gasteiger partial charge in [0.2, 0.25) is 5.82 Å². The Morgan fingerprint density at radius 1 is 1.35 bits per heavy atom. The number of hydrogen-bond acceptors (Lipinski definition) is 5. The monoisotopic (exact) mass is 280 g/mol. The normalized spacial score (nSPS) is 10.3. The molecule has 0 spiro atoms. The van der Waals surface area contributed by atoms with Crippen molar-refractivity contribution in [3.05, 3.63) is 46.3 Å². The van der Waals surface area contributed by atoms with E-state index in [1.165, 1.54) is 0 Å². The molecule has 1 aromatic carbocycles. The van der Waals surface area contributed by atoms with Crippen LogP contribution in [0.15, 0.2) is 24.5 Å². The van der Waals surface area contributed by atoms with Crippen LogP contribution in [0, 0.1) is 21.7 Å². The van der Waals surface area contributed by atoms with Crippen LogP contribution in [0.2, 0.25) is 0 Å². The van der Waals surface area contributed by atoms with Crippen LogP contribution in [-0.4, -0.2) is 21.4 Å². The number of aromatic nitrogens is 2. The smallest absolute Gasteiger partial charge is 0.337 e. The lowest BCUT2D eigenvalue weighted by Crippen LogP contribution is -2.06. The molecule has 0 amide bonds. The van der Waals surface area contributed by atoms with Gasteiger partial charge in [0.25, 0.3) is 0 Å². The average molecular weight is 280 g/mol. The largest absolute Gasteiger partial charge is 0.365 e. The molecular formula is C12H10F2N4O2. The number of nitrogens with one attached hydrogen (secondary N) is 1. The lowest BCUT2D eigenvalue weighted by atomic mass is 10.1. The molecule has 0 saturated heterocycles. The van der Waals surface area contributed by atoms with E-state index in [4.69, 9.17) is 0 Å². The summed E-state index contributed by atoms with van der Waals surface area (Å²) in [6.45, 7) is 2.15. The number of hydrogen-bond donors (Lipinski definition) is 1. The Kier molecular flexibility index (Phi) is 3.83. The van der Waals surface area contributed by atoms with Gasteiger partial charge in [0, 0.05) is 18.2 Å². The van der Waals surface area contributed by atoms with E-state index >= 15 is 0 Å². The Labute approximate surface area is 112 Å². The highest BCUT2D eigenvalue weighted by molar-refractivity contribution is 5.76. The summed E-state index contributed by atoms with van der Waals surface area (Å²) in [6, 6.07) is 2.76. The van der Waals surface area contributed by atoms with Gasteiger partial charge in [-0.15, -0.1) is 0 Å². The molecule has 2 aromatic rings. The fourth-order valence-corrected chi connectivity index (χ4v) is 1.73. The van der Waals surface area contributed by atoms with Gasteiger partial charge in [0.05, 0.1) is 4.92 Å². The number of rotatable bonds is 4. The lowest BCUT2D eigenvalue weighted by molar-refractivity contribution is -0.383. The molecule has 1 aromatic heterocycles. The van der Waals surface area contributed by atoms with E-state index in [-0.39, 0.29) is 17.1 Å². The Morgan fingerprint density at radius 2 is 2.10 bits per heavy atom. The van der Waals surface area contributed by atoms with Gasteiger partial charge < -0.3 is 5.32 Å². The highest BCUT2D eigenvalue weighted by atomic mass is 19.1. The summed E-state index contributed by atoms with van der Waals surface area (Å²) < 4.78 is 26.7. The van der Waals surface area contributed by atoms with E-state index in [9.17, 15) is 18.9 Å². The van der Waals surface area contributed by atoms with Crippen LogP contribution in [0.3, 0.4) is 0 Å². The zero-order chi connectivity index (χ0) is 14.7. The Hall–Kier alpha value is -2.64. The van der Waals surface area contributed by atoms with E-state index in [1.54, 1.807) is 6.92 Å². The van der Waals surface area contributed by atoms with Gasteiger partial charge in [0.1, 0.15) is 18.0 Å². The third-order valence-corrected chi connectivity index (χ3v) is 2.54. The second-order valence-corrected chi connectivity index (χ2v) is 3.83. The van der Waals surface area contributed by atoms with Crippen molar-refractivity contribution in [1.82, 2.24) is 9.97 Å². The van der Waals surface area contributed by atoms with E-state index in [1.807, 2.05) is 0 Å². The molecule has 104 valence electrons. The van der Waals surface area contributed by atoms with Crippen LogP contribution in [0.25, 0.3) is 11.3 Å². The minimum atomic E-state index is -0.922. The first kappa shape index (κ1) is 13.8. The van der Waals surface area contributed by atoms with Gasteiger partial charge in [-0.2, -0.15) is 0 Å². The van der Waals surface area contributed by atoms with E-state index in [0.717, 1.165) is 18.5 Å². The third kappa shape index (κ3) is 2.53. The van der Waals surface area contributed by atoms with Gasteiger partial charge in [-0.1, -0.05) is 0 Å². The zero-order valence-corrected chi connectivity index (χ0v) is 10.4. The van der Waals surface area contributed by atoms with Crippen molar-refractivity contribution in [3.63, 3.8) is 0 Å². The SMILES string of the molecule is CCNc1ncnc(-c2ccc(F)cc2F)c1[N+](=O)[O-]. The van der Waals surface area contributed by atoms with Crippen LogP contribution >= 0.6 is 0 Å². The summed E-state index contributed by atoms with van der Waals surface area (Å²) in [4.78, 5) is 18.0. The molecule has 0 aliphatic rings. The molecule has 0 fully saturated rings. The Bertz CT molecular complexity index is 664. The standard InChI is InChI=1S/C12H10F2N4O2/c1-2-15-12-11(18(19)20)10(16-6-17-12)8-4-3-7(13)5-9(8)14/h3-6H,2H2,1H3,(H,15,16,17). The molecule has 0 radical (unpaired) electrons. The molecule has 0 saturated carbocycles. The molecule has 0 atom stereocenters. The summed E-state index contributed by atoms with van der Waals surface area (Å²) in [5, 5.41) is 13.9. The number of benzene rings is 1. The molecule has 6 nitrogen and oxygen atoms in total. The Balaban J connectivity index is 2.67. The minimum absolute atomic E-state index is 0.00812. The first-order valence-electron chi connectivity index (χ1n) is 5.73. The van der Waals surface area contributed by atoms with Crippen LogP contribution < -0.4 is 5.32 Å². The summed E-state index contributed by atoms with van der Waals surface area (Å²) >= 11 is 0. The zero-order valence-electron chi connectivity index (χ0n) is 10.4. The maximum Gasteiger partial charge on any atom is 0.337 e. The number of nitrogens with zero attached hydrogens (tertiary/aromatic N) is 3. The molecule has 2 rings (SSSR count). The molecule has 0 unspecified atom stereocenters. The fourth-order valence-electron chi connectivity index (χ4n) is 1.73. The molecule has 20 heavy (non-hydrogen) atoms. The number of nitro groups is 1. The lowest BCUT2D eigenvalue weighted by Gasteiger charge is -2.07. The quantitative estimate of drug-likeness (QED) is 0.688. The Morgan fingerprint density at radius 3 is 2.70 bits per heavy atom. The summed E-state index contributed by atoms with van der Waals surface area (Å²) in [5.41, 5.74) is -0.794. The van der Waals surface area contributed by atoms with Gasteiger partial charge in [-0.05, 0) is 19.1 Å². The second kappa shape index (κ2) is 5.55. The first-order valence-corrected chi connectivity index (χ1v) is 5.73. The minimum Gasteiger partial charge on any atom is -0.365 e.